The quantitative estimate of drug-likeness (QED) is 0.169. The Morgan fingerprint density at radius 2 is 1.47 bits per heavy atom. The highest BCUT2D eigenvalue weighted by molar-refractivity contribution is 6.23. The van der Waals surface area contributed by atoms with Crippen LogP contribution in [0.5, 0.6) is 5.75 Å². The summed E-state index contributed by atoms with van der Waals surface area (Å²) in [7, 11) is 2.18. The number of Topliss-reactive ketones (excluding diaryl/α,β-unsaturated/α-hetero) is 1. The number of hydrogen-bond acceptors (Lipinski definition) is 14. The highest BCUT2D eigenvalue weighted by Gasteiger charge is 2.47. The van der Waals surface area contributed by atoms with Gasteiger partial charge in [0.15, 0.2) is 11.5 Å². The second-order valence-corrected chi connectivity index (χ2v) is 14.6. The molecular formula is C40H51NO14. The molecule has 0 radical (unpaired) electrons. The number of phenolic OH excluding ortho intramolecular Hbond substituents is 1. The van der Waals surface area contributed by atoms with Gasteiger partial charge in [0.25, 0.3) is 5.91 Å². The zero-order chi connectivity index (χ0) is 41.4. The first-order valence-corrected chi connectivity index (χ1v) is 17.8. The number of carbonyl (C=O) groups excluding carboxylic acids is 4. The van der Waals surface area contributed by atoms with E-state index >= 15 is 0 Å². The number of aromatic hydroxyl groups is 1. The summed E-state index contributed by atoms with van der Waals surface area (Å²) in [6.45, 7) is 11.2. The molecule has 0 spiro atoms. The number of phenols is 1. The number of carbonyl (C=O) groups is 4. The molecule has 15 nitrogen and oxygen atoms in total. The number of nitrogens with one attached hydrogen (secondary N) is 1. The van der Waals surface area contributed by atoms with E-state index in [4.69, 9.17) is 18.9 Å². The lowest BCUT2D eigenvalue weighted by Crippen LogP contribution is -2.53. The summed E-state index contributed by atoms with van der Waals surface area (Å²) in [5, 5.41) is 71.8. The van der Waals surface area contributed by atoms with E-state index in [1.165, 1.54) is 66.7 Å². The molecule has 55 heavy (non-hydrogen) atoms. The minimum Gasteiger partial charge on any atom is -0.505 e. The van der Waals surface area contributed by atoms with Gasteiger partial charge in [0, 0.05) is 34.5 Å². The van der Waals surface area contributed by atoms with Crippen LogP contribution in [0.15, 0.2) is 52.5 Å². The van der Waals surface area contributed by atoms with E-state index in [-0.39, 0.29) is 61.8 Å². The van der Waals surface area contributed by atoms with Crippen molar-refractivity contribution in [1.29, 1.82) is 0 Å². The number of hydrogen-bond donors (Lipinski definition) is 7. The Hall–Kier alpha value is -4.80. The van der Waals surface area contributed by atoms with Crippen LogP contribution in [-0.2, 0) is 28.5 Å². The summed E-state index contributed by atoms with van der Waals surface area (Å²) in [6.07, 6.45) is -0.913. The van der Waals surface area contributed by atoms with Crippen LogP contribution in [-0.4, -0.2) is 105 Å². The zero-order valence-corrected chi connectivity index (χ0v) is 32.6. The average Bonchev–Trinajstić information content (AvgIpc) is 3.15. The van der Waals surface area contributed by atoms with Crippen molar-refractivity contribution in [3.05, 3.63) is 74.8 Å². The molecule has 3 aliphatic heterocycles. The van der Waals surface area contributed by atoms with Gasteiger partial charge in [-0.1, -0.05) is 39.0 Å². The van der Waals surface area contributed by atoms with Crippen LogP contribution in [0.3, 0.4) is 0 Å². The molecule has 1 aliphatic carbocycles. The first-order chi connectivity index (χ1) is 25.6. The van der Waals surface area contributed by atoms with Gasteiger partial charge in [0.2, 0.25) is 6.79 Å². The summed E-state index contributed by atoms with van der Waals surface area (Å²) in [5.41, 5.74) is -2.72. The topological polar surface area (TPSA) is 239 Å². The third-order valence-electron chi connectivity index (χ3n) is 10.8. The third-order valence-corrected chi connectivity index (χ3v) is 10.8. The van der Waals surface area contributed by atoms with Gasteiger partial charge in [-0.3, -0.25) is 14.4 Å². The lowest BCUT2D eigenvalue weighted by molar-refractivity contribution is -0.168. The van der Waals surface area contributed by atoms with Gasteiger partial charge in [-0.25, -0.2) is 4.79 Å². The number of rotatable bonds is 2. The van der Waals surface area contributed by atoms with E-state index in [0.717, 1.165) is 14.2 Å². The van der Waals surface area contributed by atoms with Crippen molar-refractivity contribution < 1.29 is 68.8 Å². The predicted molar refractivity (Wildman–Crippen MR) is 198 cm³/mol. The average molecular weight is 770 g/mol. The molecule has 0 unspecified atom stereocenters. The minimum absolute atomic E-state index is 0.00718. The van der Waals surface area contributed by atoms with Gasteiger partial charge in [-0.15, -0.1) is 0 Å². The van der Waals surface area contributed by atoms with Gasteiger partial charge in [0.1, 0.15) is 23.0 Å². The Bertz CT molecular complexity index is 1920. The SMILES string of the molecule is COC(=O)c1c(C)c2c(O)c3c1C1=C(OCOC1=C(C)C3=O)/C(C)=C/[C@@](C)(O)[C@H](O)[C@@H](C)[C@@H](O)[C@H](C(=O)OC)[C@H](O)[C@H](C)[C@H](O)[C@H](C)/C=C/C=C(/C)C(=O)N2. The number of amides is 1. The number of aliphatic hydroxyl groups excluding tert-OH is 4. The number of fused-ring (bicyclic) bond motifs is 14. The molecule has 7 N–H and O–H groups in total. The molecule has 15 heteroatoms. The van der Waals surface area contributed by atoms with Crippen molar-refractivity contribution in [2.75, 3.05) is 26.3 Å². The van der Waals surface area contributed by atoms with Crippen molar-refractivity contribution in [3.8, 4) is 5.75 Å². The summed E-state index contributed by atoms with van der Waals surface area (Å²) >= 11 is 0. The van der Waals surface area contributed by atoms with Gasteiger partial charge >= 0.3 is 11.9 Å². The molecule has 4 aliphatic rings. The highest BCUT2D eigenvalue weighted by Crippen LogP contribution is 2.50. The number of ketones is 1. The Morgan fingerprint density at radius 3 is 2.07 bits per heavy atom. The van der Waals surface area contributed by atoms with E-state index in [1.54, 1.807) is 13.0 Å². The summed E-state index contributed by atoms with van der Waals surface area (Å²) in [6, 6.07) is 0. The Labute approximate surface area is 319 Å². The molecule has 3 heterocycles. The fourth-order valence-corrected chi connectivity index (χ4v) is 7.40. The van der Waals surface area contributed by atoms with Gasteiger partial charge in [-0.05, 0) is 51.8 Å². The normalized spacial score (nSPS) is 33.3. The van der Waals surface area contributed by atoms with Crippen LogP contribution in [0.2, 0.25) is 0 Å². The number of methoxy groups -OCH3 is 2. The van der Waals surface area contributed by atoms with E-state index in [9.17, 15) is 49.8 Å². The summed E-state index contributed by atoms with van der Waals surface area (Å²) in [4.78, 5) is 54.1. The fraction of sp³-hybridized carbons (Fsp3) is 0.500. The fourth-order valence-electron chi connectivity index (χ4n) is 7.40. The molecular weight excluding hydrogens is 718 g/mol. The van der Waals surface area contributed by atoms with E-state index < -0.39 is 89.9 Å². The van der Waals surface area contributed by atoms with Crippen molar-refractivity contribution in [2.24, 2.45) is 23.7 Å². The minimum atomic E-state index is -2.18. The molecule has 1 aromatic carbocycles. The van der Waals surface area contributed by atoms with E-state index in [0.29, 0.717) is 0 Å². The molecule has 1 aromatic rings. The number of esters is 2. The lowest BCUT2D eigenvalue weighted by Gasteiger charge is -2.39. The molecule has 300 valence electrons. The van der Waals surface area contributed by atoms with Gasteiger partial charge in [0.05, 0.1) is 61.0 Å². The molecule has 0 saturated heterocycles. The van der Waals surface area contributed by atoms with Crippen LogP contribution in [0.4, 0.5) is 5.69 Å². The molecule has 4 bridgehead atoms. The lowest BCUT2D eigenvalue weighted by atomic mass is 9.75. The molecule has 1 amide bonds. The number of benzene rings is 1. The van der Waals surface area contributed by atoms with Crippen LogP contribution in [0.25, 0.3) is 5.57 Å². The van der Waals surface area contributed by atoms with E-state index in [2.05, 4.69) is 5.32 Å². The predicted octanol–water partition coefficient (Wildman–Crippen LogP) is 2.97. The third kappa shape index (κ3) is 7.85. The molecule has 9 atom stereocenters. The first kappa shape index (κ1) is 42.9. The summed E-state index contributed by atoms with van der Waals surface area (Å²) in [5.74, 6) is -8.70. The maximum Gasteiger partial charge on any atom is 0.338 e. The molecule has 5 rings (SSSR count). The van der Waals surface area contributed by atoms with Crippen molar-refractivity contribution in [3.63, 3.8) is 0 Å². The number of aliphatic hydroxyl groups is 5. The largest absolute Gasteiger partial charge is 0.505 e. The Balaban J connectivity index is 2.08. The molecule has 0 aromatic heterocycles. The monoisotopic (exact) mass is 769 g/mol. The number of ether oxygens (including phenoxy) is 4. The Kier molecular flexibility index (Phi) is 12.9. The standard InChI is InChI=1S/C40H51NO14/c1-16-12-11-13-17(2)37(48)41-28-19(4)23(38(49)52-9)24-25(33(28)46)31(44)21(6)35-26(24)34(54-15-55-35)18(3)14-40(8,51)36(47)22(7)32(45)27(39(50)53-10)30(43)20(5)29(16)42/h11-14,16,20,22,27,29-30,32,36,42-43,45-47,51H,15H2,1-10H3,(H,41,48)/b12-11+,17-13-,18-14+/t16-,20-,22+,27-,29-,30-,32-,36-,40-/m1/s1. The van der Waals surface area contributed by atoms with Crippen LogP contribution >= 0.6 is 0 Å². The van der Waals surface area contributed by atoms with Crippen molar-refractivity contribution in [2.45, 2.75) is 85.4 Å². The Morgan fingerprint density at radius 1 is 0.873 bits per heavy atom. The first-order valence-electron chi connectivity index (χ1n) is 17.8. The van der Waals surface area contributed by atoms with E-state index in [1.807, 2.05) is 0 Å². The number of allylic oxidation sites excluding steroid dienone is 5. The maximum absolute atomic E-state index is 14.0. The second kappa shape index (κ2) is 16.5. The van der Waals surface area contributed by atoms with Crippen LogP contribution in [0.1, 0.15) is 80.3 Å². The van der Waals surface area contributed by atoms with Gasteiger partial charge in [-0.2, -0.15) is 0 Å². The molecule has 0 fully saturated rings. The highest BCUT2D eigenvalue weighted by atomic mass is 16.7. The van der Waals surface area contributed by atoms with Gasteiger partial charge < -0.3 is 54.9 Å². The summed E-state index contributed by atoms with van der Waals surface area (Å²) < 4.78 is 21.7. The van der Waals surface area contributed by atoms with Crippen molar-refractivity contribution in [1.82, 2.24) is 0 Å². The smallest absolute Gasteiger partial charge is 0.338 e. The number of anilines is 1. The zero-order valence-electron chi connectivity index (χ0n) is 32.6. The van der Waals surface area contributed by atoms with Crippen LogP contribution < -0.4 is 5.32 Å². The maximum atomic E-state index is 14.0. The second-order valence-electron chi connectivity index (χ2n) is 14.6. The van der Waals surface area contributed by atoms with Crippen LogP contribution in [0, 0.1) is 30.6 Å². The van der Waals surface area contributed by atoms with Crippen molar-refractivity contribution >= 4 is 34.9 Å². The molecule has 0 saturated carbocycles.